The van der Waals surface area contributed by atoms with Crippen LogP contribution in [0.15, 0.2) is 69.6 Å². The molecule has 0 aliphatic carbocycles. The van der Waals surface area contributed by atoms with Crippen LogP contribution in [0.1, 0.15) is 31.0 Å². The predicted molar refractivity (Wildman–Crippen MR) is 133 cm³/mol. The van der Waals surface area contributed by atoms with Gasteiger partial charge in [0.1, 0.15) is 17.5 Å². The van der Waals surface area contributed by atoms with Crippen molar-refractivity contribution in [1.29, 1.82) is 0 Å². The van der Waals surface area contributed by atoms with E-state index >= 15 is 0 Å². The van der Waals surface area contributed by atoms with Crippen molar-refractivity contribution in [1.82, 2.24) is 4.57 Å². The molecular formula is C26H24N2O7S. The summed E-state index contributed by atoms with van der Waals surface area (Å²) in [6.45, 7) is 3.14. The number of carbonyl (C=O) groups excluding carboxylic acids is 1. The van der Waals surface area contributed by atoms with Crippen LogP contribution < -0.4 is 24.4 Å². The zero-order valence-electron chi connectivity index (χ0n) is 19.9. The molecule has 0 fully saturated rings. The molecular weight excluding hydrogens is 484 g/mol. The van der Waals surface area contributed by atoms with Gasteiger partial charge in [0.25, 0.3) is 5.56 Å². The Morgan fingerprint density at radius 1 is 1.19 bits per heavy atom. The lowest BCUT2D eigenvalue weighted by Gasteiger charge is -2.25. The van der Waals surface area contributed by atoms with Gasteiger partial charge in [-0.1, -0.05) is 41.7 Å². The molecule has 0 bridgehead atoms. The third-order valence-corrected chi connectivity index (χ3v) is 6.45. The fraction of sp³-hybridized carbons (Fsp3) is 0.231. The third-order valence-electron chi connectivity index (χ3n) is 5.47. The number of ether oxygens (including phenoxy) is 3. The molecule has 0 spiro atoms. The number of aliphatic carboxylic acids is 1. The molecule has 2 heterocycles. The van der Waals surface area contributed by atoms with Crippen LogP contribution >= 0.6 is 11.3 Å². The van der Waals surface area contributed by atoms with E-state index in [1.807, 2.05) is 18.2 Å². The summed E-state index contributed by atoms with van der Waals surface area (Å²) in [6.07, 6.45) is 1.68. The molecule has 4 rings (SSSR count). The van der Waals surface area contributed by atoms with Gasteiger partial charge in [0.2, 0.25) is 0 Å². The highest BCUT2D eigenvalue weighted by Gasteiger charge is 2.34. The normalized spacial score (nSPS) is 15.2. The number of benzene rings is 2. The number of thiazole rings is 1. The Bertz CT molecular complexity index is 1530. The number of nitrogens with zero attached hydrogens (tertiary/aromatic N) is 2. The molecule has 1 N–H and O–H groups in total. The van der Waals surface area contributed by atoms with Gasteiger partial charge in [0.15, 0.2) is 11.4 Å². The van der Waals surface area contributed by atoms with E-state index in [2.05, 4.69) is 4.99 Å². The lowest BCUT2D eigenvalue weighted by Crippen LogP contribution is -2.40. The molecule has 1 aliphatic heterocycles. The summed E-state index contributed by atoms with van der Waals surface area (Å²) in [4.78, 5) is 42.5. The molecule has 9 nitrogen and oxygen atoms in total. The summed E-state index contributed by atoms with van der Waals surface area (Å²) >= 11 is 1.19. The van der Waals surface area contributed by atoms with Crippen molar-refractivity contribution < 1.29 is 28.9 Å². The summed E-state index contributed by atoms with van der Waals surface area (Å²) in [6, 6.07) is 13.2. The average Bonchev–Trinajstić information content (AvgIpc) is 3.16. The molecule has 0 radical (unpaired) electrons. The number of carboxylic acids is 1. The molecule has 36 heavy (non-hydrogen) atoms. The number of hydrogen-bond acceptors (Lipinski definition) is 8. The van der Waals surface area contributed by atoms with Gasteiger partial charge in [0, 0.05) is 5.56 Å². The number of carboxylic acid groups (broad SMARTS) is 1. The molecule has 186 valence electrons. The van der Waals surface area contributed by atoms with Crippen LogP contribution in [-0.2, 0) is 14.3 Å². The van der Waals surface area contributed by atoms with E-state index in [-0.39, 0.29) is 17.7 Å². The van der Waals surface area contributed by atoms with Crippen molar-refractivity contribution in [3.63, 3.8) is 0 Å². The number of methoxy groups -OCH3 is 1. The standard InChI is InChI=1S/C26H24N2O7S/c1-4-34-25(32)22-15(2)27-26-28(23(22)18-10-5-6-11-19(18)33-3)24(31)20(36-26)13-16-8-7-9-17(12-16)35-14-21(29)30/h5-13,23H,4,14H2,1-3H3,(H,29,30)/b20-13+. The van der Waals surface area contributed by atoms with Crippen molar-refractivity contribution in [2.75, 3.05) is 20.3 Å². The smallest absolute Gasteiger partial charge is 0.341 e. The quantitative estimate of drug-likeness (QED) is 0.464. The topological polar surface area (TPSA) is 116 Å². The number of hydrogen-bond donors (Lipinski definition) is 1. The highest BCUT2D eigenvalue weighted by molar-refractivity contribution is 7.07. The summed E-state index contributed by atoms with van der Waals surface area (Å²) < 4.78 is 18.0. The number of fused-ring (bicyclic) bond motifs is 1. The highest BCUT2D eigenvalue weighted by Crippen LogP contribution is 2.35. The first kappa shape index (κ1) is 24.9. The average molecular weight is 509 g/mol. The maximum absolute atomic E-state index is 13.7. The summed E-state index contributed by atoms with van der Waals surface area (Å²) in [7, 11) is 1.53. The van der Waals surface area contributed by atoms with Crippen LogP contribution in [0.5, 0.6) is 11.5 Å². The summed E-state index contributed by atoms with van der Waals surface area (Å²) in [5, 5.41) is 8.85. The van der Waals surface area contributed by atoms with Crippen LogP contribution in [0.3, 0.4) is 0 Å². The second-order valence-electron chi connectivity index (χ2n) is 7.80. The van der Waals surface area contributed by atoms with Crippen LogP contribution in [0.4, 0.5) is 0 Å². The second kappa shape index (κ2) is 10.6. The Labute approximate surface area is 210 Å². The predicted octanol–water partition coefficient (Wildman–Crippen LogP) is 2.27. The number of para-hydroxylation sites is 1. The molecule has 0 saturated carbocycles. The highest BCUT2D eigenvalue weighted by atomic mass is 32.1. The van der Waals surface area contributed by atoms with Gasteiger partial charge in [-0.25, -0.2) is 14.6 Å². The van der Waals surface area contributed by atoms with Gasteiger partial charge in [-0.05, 0) is 43.7 Å². The zero-order valence-corrected chi connectivity index (χ0v) is 20.7. The number of aromatic nitrogens is 1. The number of carbonyl (C=O) groups is 2. The molecule has 0 amide bonds. The van der Waals surface area contributed by atoms with Gasteiger partial charge >= 0.3 is 11.9 Å². The van der Waals surface area contributed by atoms with Gasteiger partial charge < -0.3 is 19.3 Å². The monoisotopic (exact) mass is 508 g/mol. The van der Waals surface area contributed by atoms with E-state index in [0.29, 0.717) is 37.7 Å². The van der Waals surface area contributed by atoms with Crippen LogP contribution in [0, 0.1) is 0 Å². The first-order valence-corrected chi connectivity index (χ1v) is 11.9. The van der Waals surface area contributed by atoms with E-state index in [1.54, 1.807) is 50.3 Å². The first-order valence-electron chi connectivity index (χ1n) is 11.1. The van der Waals surface area contributed by atoms with Gasteiger partial charge in [-0.3, -0.25) is 9.36 Å². The molecule has 10 heteroatoms. The SMILES string of the molecule is CCOC(=O)C1=C(C)N=c2s/c(=C/c3cccc(OCC(=O)O)c3)c(=O)n2C1c1ccccc1OC. The molecule has 3 aromatic rings. The molecule has 1 unspecified atom stereocenters. The fourth-order valence-electron chi connectivity index (χ4n) is 3.97. The third kappa shape index (κ3) is 4.94. The minimum absolute atomic E-state index is 0.180. The Hall–Kier alpha value is -4.18. The van der Waals surface area contributed by atoms with E-state index in [9.17, 15) is 14.4 Å². The lowest BCUT2D eigenvalue weighted by molar-refractivity contribution is -0.140. The summed E-state index contributed by atoms with van der Waals surface area (Å²) in [5.74, 6) is -0.742. The lowest BCUT2D eigenvalue weighted by atomic mass is 9.95. The zero-order chi connectivity index (χ0) is 25.8. The van der Waals surface area contributed by atoms with Gasteiger partial charge in [-0.2, -0.15) is 0 Å². The van der Waals surface area contributed by atoms with Crippen LogP contribution in [-0.4, -0.2) is 41.9 Å². The molecule has 2 aromatic carbocycles. The van der Waals surface area contributed by atoms with Gasteiger partial charge in [-0.15, -0.1) is 0 Å². The van der Waals surface area contributed by atoms with Crippen LogP contribution in [0.2, 0.25) is 0 Å². The number of esters is 1. The Morgan fingerprint density at radius 3 is 2.69 bits per heavy atom. The Kier molecular flexibility index (Phi) is 7.35. The maximum atomic E-state index is 13.7. The number of rotatable bonds is 8. The molecule has 1 atom stereocenters. The maximum Gasteiger partial charge on any atom is 0.341 e. The summed E-state index contributed by atoms with van der Waals surface area (Å²) in [5.41, 5.74) is 1.68. The van der Waals surface area contributed by atoms with Crippen LogP contribution in [0.25, 0.3) is 6.08 Å². The van der Waals surface area contributed by atoms with Crippen molar-refractivity contribution in [3.8, 4) is 11.5 Å². The Morgan fingerprint density at radius 2 is 1.97 bits per heavy atom. The minimum atomic E-state index is -1.09. The van der Waals surface area contributed by atoms with Gasteiger partial charge in [0.05, 0.1) is 29.5 Å². The minimum Gasteiger partial charge on any atom is -0.496 e. The van der Waals surface area contributed by atoms with E-state index in [0.717, 1.165) is 0 Å². The van der Waals surface area contributed by atoms with Crippen molar-refractivity contribution in [2.45, 2.75) is 19.9 Å². The van der Waals surface area contributed by atoms with E-state index in [4.69, 9.17) is 19.3 Å². The number of allylic oxidation sites excluding steroid dienone is 1. The molecule has 0 saturated heterocycles. The van der Waals surface area contributed by atoms with E-state index < -0.39 is 24.6 Å². The first-order chi connectivity index (χ1) is 17.3. The van der Waals surface area contributed by atoms with Crippen molar-refractivity contribution in [3.05, 3.63) is 90.6 Å². The second-order valence-corrected chi connectivity index (χ2v) is 8.81. The molecule has 1 aromatic heterocycles. The van der Waals surface area contributed by atoms with Crippen molar-refractivity contribution in [2.24, 2.45) is 4.99 Å². The fourth-order valence-corrected chi connectivity index (χ4v) is 5.02. The largest absolute Gasteiger partial charge is 0.496 e. The van der Waals surface area contributed by atoms with E-state index in [1.165, 1.54) is 23.0 Å². The molecule has 1 aliphatic rings. The van der Waals surface area contributed by atoms with Crippen molar-refractivity contribution >= 4 is 29.4 Å². The Balaban J connectivity index is 1.89.